The number of nitrogens with two attached hydrogens (primary N) is 1. The monoisotopic (exact) mass is 137 g/mol. The molecule has 6 nitrogen and oxygen atoms in total. The highest BCUT2D eigenvalue weighted by Gasteiger charge is 1.80. The van der Waals surface area contributed by atoms with Gasteiger partial charge in [0.1, 0.15) is 0 Å². The number of hydrogen-bond acceptors (Lipinski definition) is 3. The van der Waals surface area contributed by atoms with Gasteiger partial charge in [0.05, 0.1) is 7.11 Å². The fourth-order valence-electron chi connectivity index (χ4n) is 0. The Labute approximate surface area is 50.8 Å². The molecule has 0 aliphatic heterocycles. The van der Waals surface area contributed by atoms with Crippen molar-refractivity contribution in [2.24, 2.45) is 5.73 Å². The van der Waals surface area contributed by atoms with Crippen molar-refractivity contribution in [2.45, 2.75) is 0 Å². The molecule has 0 aliphatic rings. The van der Waals surface area contributed by atoms with E-state index in [9.17, 15) is 0 Å². The number of carbonyl (C=O) groups is 2. The van der Waals surface area contributed by atoms with Crippen LogP contribution in [0.3, 0.4) is 0 Å². The molecule has 0 spiro atoms. The van der Waals surface area contributed by atoms with Crippen LogP contribution in [0.4, 0.5) is 9.59 Å². The predicted octanol–water partition coefficient (Wildman–Crippen LogP) is -0.0661. The largest absolute Gasteiger partial charge is 0.505 e. The van der Waals surface area contributed by atoms with Gasteiger partial charge >= 0.3 is 12.2 Å². The summed E-state index contributed by atoms with van der Waals surface area (Å²) in [6.07, 6.45) is -2.58. The van der Waals surface area contributed by atoms with Gasteiger partial charge in [-0.3, -0.25) is 0 Å². The van der Waals surface area contributed by atoms with Crippen molar-refractivity contribution < 1.29 is 24.5 Å². The Balaban J connectivity index is 0. The summed E-state index contributed by atoms with van der Waals surface area (Å²) in [5.41, 5.74) is 4.03. The normalized spacial score (nSPS) is 6.33. The second-order valence-corrected chi connectivity index (χ2v) is 0.808. The van der Waals surface area contributed by atoms with Gasteiger partial charge in [0.2, 0.25) is 0 Å². The van der Waals surface area contributed by atoms with Crippen molar-refractivity contribution in [1.82, 2.24) is 0 Å². The van der Waals surface area contributed by atoms with E-state index < -0.39 is 12.2 Å². The molecular weight excluding hydrogens is 130 g/mol. The topological polar surface area (TPSA) is 110 Å². The van der Waals surface area contributed by atoms with Crippen LogP contribution in [-0.4, -0.2) is 29.6 Å². The van der Waals surface area contributed by atoms with Crippen molar-refractivity contribution in [3.63, 3.8) is 0 Å². The second kappa shape index (κ2) is 6.54. The molecule has 1 amide bonds. The van der Waals surface area contributed by atoms with Crippen molar-refractivity contribution >= 4 is 12.2 Å². The van der Waals surface area contributed by atoms with Crippen molar-refractivity contribution in [3.05, 3.63) is 0 Å². The molecule has 0 atom stereocenters. The first-order valence-electron chi connectivity index (χ1n) is 1.76. The minimum absolute atomic E-state index is 1.10. The minimum atomic E-state index is -1.33. The number of ether oxygens (including phenoxy) is 1. The van der Waals surface area contributed by atoms with E-state index in [4.69, 9.17) is 19.8 Å². The maximum absolute atomic E-state index is 9.15. The van der Waals surface area contributed by atoms with Gasteiger partial charge in [0, 0.05) is 0 Å². The Bertz CT molecular complexity index is 96.4. The maximum atomic E-state index is 9.15. The van der Waals surface area contributed by atoms with Crippen LogP contribution in [0, 0.1) is 0 Å². The van der Waals surface area contributed by atoms with Gasteiger partial charge in [-0.15, -0.1) is 0 Å². The van der Waals surface area contributed by atoms with E-state index in [1.165, 1.54) is 0 Å². The first-order chi connectivity index (χ1) is 4.00. The standard InChI is InChI=1S/C2H4O3.CH3NO2/c1-5-2(3)4;2-1(3)4/h1H3,(H,3,4);2H2,(H,3,4). The molecule has 0 bridgehead atoms. The molecule has 0 saturated carbocycles. The van der Waals surface area contributed by atoms with Gasteiger partial charge in [-0.2, -0.15) is 0 Å². The van der Waals surface area contributed by atoms with Crippen LogP contribution < -0.4 is 5.73 Å². The summed E-state index contributed by atoms with van der Waals surface area (Å²) < 4.78 is 3.67. The molecule has 0 aromatic rings. The van der Waals surface area contributed by atoms with Gasteiger partial charge in [-0.1, -0.05) is 0 Å². The third kappa shape index (κ3) is 462. The lowest BCUT2D eigenvalue weighted by Gasteiger charge is -1.79. The average molecular weight is 137 g/mol. The van der Waals surface area contributed by atoms with Crippen molar-refractivity contribution in [3.8, 4) is 0 Å². The second-order valence-electron chi connectivity index (χ2n) is 0.808. The summed E-state index contributed by atoms with van der Waals surface area (Å²) >= 11 is 0. The lowest BCUT2D eigenvalue weighted by molar-refractivity contribution is 0.113. The van der Waals surface area contributed by atoms with Crippen LogP contribution in [-0.2, 0) is 4.74 Å². The average Bonchev–Trinajstić information content (AvgIpc) is 1.65. The molecular formula is C3H7NO5. The first kappa shape index (κ1) is 10.5. The van der Waals surface area contributed by atoms with E-state index in [2.05, 4.69) is 10.5 Å². The van der Waals surface area contributed by atoms with E-state index in [1.807, 2.05) is 0 Å². The molecule has 0 aromatic carbocycles. The maximum Gasteiger partial charge on any atom is 0.505 e. The van der Waals surface area contributed by atoms with Crippen LogP contribution in [0.15, 0.2) is 0 Å². The molecule has 0 heterocycles. The van der Waals surface area contributed by atoms with Crippen molar-refractivity contribution in [2.75, 3.05) is 7.11 Å². The highest BCUT2D eigenvalue weighted by Crippen LogP contribution is 1.60. The van der Waals surface area contributed by atoms with Crippen LogP contribution in [0.2, 0.25) is 0 Å². The van der Waals surface area contributed by atoms with Gasteiger partial charge in [0.25, 0.3) is 0 Å². The quantitative estimate of drug-likeness (QED) is 0.405. The number of primary amides is 1. The van der Waals surface area contributed by atoms with Gasteiger partial charge < -0.3 is 20.7 Å². The summed E-state index contributed by atoms with van der Waals surface area (Å²) in [5, 5.41) is 14.7. The summed E-state index contributed by atoms with van der Waals surface area (Å²) in [7, 11) is 1.10. The summed E-state index contributed by atoms with van der Waals surface area (Å²) in [4.78, 5) is 17.9. The fraction of sp³-hybridized carbons (Fsp3) is 0.333. The molecule has 6 heteroatoms. The molecule has 0 rings (SSSR count). The number of amides is 1. The number of hydrogen-bond donors (Lipinski definition) is 3. The van der Waals surface area contributed by atoms with E-state index in [0.717, 1.165) is 7.11 Å². The Hall–Kier alpha value is -1.46. The van der Waals surface area contributed by atoms with E-state index in [0.29, 0.717) is 0 Å². The number of rotatable bonds is 0. The Morgan fingerprint density at radius 1 is 1.44 bits per heavy atom. The van der Waals surface area contributed by atoms with Crippen LogP contribution in [0.1, 0.15) is 0 Å². The van der Waals surface area contributed by atoms with Gasteiger partial charge in [-0.05, 0) is 0 Å². The molecule has 4 N–H and O–H groups in total. The van der Waals surface area contributed by atoms with Crippen LogP contribution in [0.25, 0.3) is 0 Å². The highest BCUT2D eigenvalue weighted by atomic mass is 16.6. The number of methoxy groups -OCH3 is 1. The molecule has 0 aromatic heterocycles. The number of carboxylic acid groups (broad SMARTS) is 2. The Kier molecular flexibility index (Phi) is 7.64. The summed E-state index contributed by atoms with van der Waals surface area (Å²) in [6.45, 7) is 0. The van der Waals surface area contributed by atoms with Gasteiger partial charge in [0.15, 0.2) is 0 Å². The lowest BCUT2D eigenvalue weighted by Crippen LogP contribution is -2.03. The smallest absolute Gasteiger partial charge is 0.465 e. The molecule has 0 fully saturated rings. The molecule has 0 aliphatic carbocycles. The highest BCUT2D eigenvalue weighted by molar-refractivity contribution is 5.61. The molecule has 0 unspecified atom stereocenters. The Morgan fingerprint density at radius 3 is 1.56 bits per heavy atom. The van der Waals surface area contributed by atoms with Gasteiger partial charge in [-0.25, -0.2) is 9.59 Å². The fourth-order valence-corrected chi connectivity index (χ4v) is 0. The molecule has 9 heavy (non-hydrogen) atoms. The van der Waals surface area contributed by atoms with E-state index in [1.54, 1.807) is 0 Å². The summed E-state index contributed by atoms with van der Waals surface area (Å²) in [5.74, 6) is 0. The third-order valence-electron chi connectivity index (χ3n) is 0.175. The molecule has 0 radical (unpaired) electrons. The lowest BCUT2D eigenvalue weighted by atomic mass is 11.3. The SMILES string of the molecule is COC(=O)O.NC(=O)O. The predicted molar refractivity (Wildman–Crippen MR) is 27.2 cm³/mol. The van der Waals surface area contributed by atoms with E-state index >= 15 is 0 Å². The third-order valence-corrected chi connectivity index (χ3v) is 0.175. The zero-order valence-electron chi connectivity index (χ0n) is 4.70. The zero-order valence-corrected chi connectivity index (χ0v) is 4.70. The molecule has 0 saturated heterocycles. The van der Waals surface area contributed by atoms with Crippen LogP contribution >= 0.6 is 0 Å². The first-order valence-corrected chi connectivity index (χ1v) is 1.76. The Morgan fingerprint density at radius 2 is 1.56 bits per heavy atom. The molecule has 54 valence electrons. The summed E-state index contributed by atoms with van der Waals surface area (Å²) in [6, 6.07) is 0. The van der Waals surface area contributed by atoms with Crippen molar-refractivity contribution in [1.29, 1.82) is 0 Å². The zero-order chi connectivity index (χ0) is 7.86. The van der Waals surface area contributed by atoms with Crippen LogP contribution in [0.5, 0.6) is 0 Å². The minimum Gasteiger partial charge on any atom is -0.465 e. The van der Waals surface area contributed by atoms with E-state index in [-0.39, 0.29) is 0 Å².